The van der Waals surface area contributed by atoms with E-state index in [1.807, 2.05) is 116 Å². The number of aliphatic hydroxyl groups excluding tert-OH is 1. The van der Waals surface area contributed by atoms with E-state index >= 15 is 0 Å². The van der Waals surface area contributed by atoms with Crippen molar-refractivity contribution in [2.24, 2.45) is 0 Å². The third-order valence-electron chi connectivity index (χ3n) is 10.6. The van der Waals surface area contributed by atoms with Crippen LogP contribution in [0.5, 0.6) is 0 Å². The van der Waals surface area contributed by atoms with Crippen LogP contribution in [0.4, 0.5) is 0 Å². The number of sulfonamides is 1. The number of carbonyl (C=O) groups excluding carboxylic acids is 1. The number of aryl methyl sites for hydroxylation is 1. The van der Waals surface area contributed by atoms with Gasteiger partial charge >= 0.3 is 0 Å². The fourth-order valence-corrected chi connectivity index (χ4v) is 8.55. The van der Waals surface area contributed by atoms with Crippen molar-refractivity contribution in [3.05, 3.63) is 197 Å². The quantitative estimate of drug-likeness (QED) is 0.0907. The monoisotopic (exact) mass is 809 g/mol. The lowest BCUT2D eigenvalue weighted by molar-refractivity contribution is -0.252. The van der Waals surface area contributed by atoms with E-state index in [-0.39, 0.29) is 36.7 Å². The maximum atomic E-state index is 13.7. The number of rotatable bonds is 16. The number of hydrogen-bond acceptors (Lipinski definition) is 7. The molecule has 7 rings (SSSR count). The number of nitrogens with one attached hydrogen (secondary N) is 2. The van der Waals surface area contributed by atoms with E-state index in [1.54, 1.807) is 24.3 Å². The van der Waals surface area contributed by atoms with Crippen LogP contribution in [-0.2, 0) is 50.4 Å². The third kappa shape index (κ3) is 11.4. The summed E-state index contributed by atoms with van der Waals surface area (Å²) in [6.45, 7) is 3.63. The van der Waals surface area contributed by atoms with Gasteiger partial charge in [-0.3, -0.25) is 9.69 Å². The van der Waals surface area contributed by atoms with Crippen molar-refractivity contribution >= 4 is 15.9 Å². The first-order chi connectivity index (χ1) is 28.6. The fourth-order valence-electron chi connectivity index (χ4n) is 7.36. The highest BCUT2D eigenvalue weighted by atomic mass is 32.2. The summed E-state index contributed by atoms with van der Waals surface area (Å²) in [7, 11) is -1.85. The second-order valence-electron chi connectivity index (χ2n) is 15.2. The van der Waals surface area contributed by atoms with Crippen LogP contribution in [0.3, 0.4) is 0 Å². The van der Waals surface area contributed by atoms with Gasteiger partial charge in [-0.2, -0.15) is 4.72 Å². The Hall–Kier alpha value is -5.46. The summed E-state index contributed by atoms with van der Waals surface area (Å²) in [6.07, 6.45) is 0.0427. The number of hydrogen-bond donors (Lipinski definition) is 3. The minimum Gasteiger partial charge on any atom is -0.392 e. The summed E-state index contributed by atoms with van der Waals surface area (Å²) in [4.78, 5) is 16.0. The lowest BCUT2D eigenvalue weighted by Crippen LogP contribution is -2.47. The van der Waals surface area contributed by atoms with E-state index in [4.69, 9.17) is 9.47 Å². The predicted molar refractivity (Wildman–Crippen MR) is 230 cm³/mol. The van der Waals surface area contributed by atoms with E-state index < -0.39 is 28.3 Å². The predicted octanol–water partition coefficient (Wildman–Crippen LogP) is 8.04. The summed E-state index contributed by atoms with van der Waals surface area (Å²) < 4.78 is 42.6. The van der Waals surface area contributed by atoms with E-state index in [0.717, 1.165) is 57.6 Å². The van der Waals surface area contributed by atoms with Crippen LogP contribution >= 0.6 is 0 Å². The zero-order valence-corrected chi connectivity index (χ0v) is 34.2. The summed E-state index contributed by atoms with van der Waals surface area (Å²) in [6, 6.07) is 49.3. The van der Waals surface area contributed by atoms with Gasteiger partial charge in [0.2, 0.25) is 15.9 Å². The van der Waals surface area contributed by atoms with Crippen LogP contribution in [0.2, 0.25) is 0 Å². The molecule has 1 saturated heterocycles. The maximum absolute atomic E-state index is 13.7. The van der Waals surface area contributed by atoms with Crippen molar-refractivity contribution in [2.75, 3.05) is 13.6 Å². The van der Waals surface area contributed by atoms with Gasteiger partial charge in [-0.05, 0) is 77.5 Å². The number of likely N-dealkylation sites (N-methyl/N-ethyl adjacent to an activating group) is 1. The highest BCUT2D eigenvalue weighted by molar-refractivity contribution is 7.89. The van der Waals surface area contributed by atoms with Gasteiger partial charge in [-0.1, -0.05) is 145 Å². The van der Waals surface area contributed by atoms with E-state index in [1.165, 1.54) is 5.56 Å². The molecule has 0 bridgehead atoms. The SMILES string of the molecule is Cc1ccc(S(=O)(=O)NC(Cc2ccccc2)C(=O)NCc2cccc(-c3ccc(C4OC(CN(C)Cc5ccccc5)CC(c5ccc(CO)cc5)O4)cc3)c2)cc1. The Morgan fingerprint density at radius 1 is 0.729 bits per heavy atom. The molecule has 1 heterocycles. The third-order valence-corrected chi connectivity index (χ3v) is 12.1. The molecule has 6 aromatic carbocycles. The van der Waals surface area contributed by atoms with Crippen molar-refractivity contribution in [3.63, 3.8) is 0 Å². The van der Waals surface area contributed by atoms with Gasteiger partial charge in [0.15, 0.2) is 6.29 Å². The molecule has 10 heteroatoms. The molecular formula is C49H51N3O6S. The standard InChI is InChI=1S/C49H51N3O6S/c1-35-16-26-45(27-17-35)59(55,56)51-46(29-36-10-5-3-6-11-36)48(54)50-31-39-14-9-15-43(28-39)40-22-24-42(25-23-40)49-57-44(33-52(2)32-37-12-7-4-8-13-37)30-47(58-49)41-20-18-38(34-53)19-21-41/h3-28,44,46-47,49,51,53H,29-34H2,1-2H3,(H,50,54). The Bertz CT molecular complexity index is 2380. The molecule has 1 amide bonds. The summed E-state index contributed by atoms with van der Waals surface area (Å²) >= 11 is 0. The van der Waals surface area contributed by atoms with Crippen LogP contribution in [0, 0.1) is 6.92 Å². The average molecular weight is 810 g/mol. The minimum absolute atomic E-state index is 0.0115. The fraction of sp³-hybridized carbons (Fsp3) is 0.245. The van der Waals surface area contributed by atoms with Gasteiger partial charge < -0.3 is 19.9 Å². The Morgan fingerprint density at radius 2 is 1.37 bits per heavy atom. The molecule has 1 aliphatic rings. The molecule has 4 unspecified atom stereocenters. The summed E-state index contributed by atoms with van der Waals surface area (Å²) in [5.41, 5.74) is 8.65. The van der Waals surface area contributed by atoms with Crippen LogP contribution < -0.4 is 10.0 Å². The number of nitrogens with zero attached hydrogens (tertiary/aromatic N) is 1. The van der Waals surface area contributed by atoms with Crippen LogP contribution in [0.15, 0.2) is 163 Å². The topological polar surface area (TPSA) is 117 Å². The molecule has 0 saturated carbocycles. The van der Waals surface area contributed by atoms with Gasteiger partial charge in [0.25, 0.3) is 0 Å². The van der Waals surface area contributed by atoms with Gasteiger partial charge in [0.1, 0.15) is 6.04 Å². The van der Waals surface area contributed by atoms with Crippen LogP contribution in [0.25, 0.3) is 11.1 Å². The van der Waals surface area contributed by atoms with E-state index in [9.17, 15) is 18.3 Å². The Kier molecular flexibility index (Phi) is 13.8. The first-order valence-electron chi connectivity index (χ1n) is 19.9. The second kappa shape index (κ2) is 19.5. The van der Waals surface area contributed by atoms with Crippen molar-refractivity contribution < 1.29 is 27.8 Å². The molecular weight excluding hydrogens is 759 g/mol. The van der Waals surface area contributed by atoms with Gasteiger partial charge in [-0.25, -0.2) is 8.42 Å². The smallest absolute Gasteiger partial charge is 0.241 e. The molecule has 304 valence electrons. The van der Waals surface area contributed by atoms with E-state index in [0.29, 0.717) is 6.42 Å². The molecule has 1 aliphatic heterocycles. The van der Waals surface area contributed by atoms with Gasteiger partial charge in [0.05, 0.1) is 23.7 Å². The van der Waals surface area contributed by atoms with Gasteiger partial charge in [-0.15, -0.1) is 0 Å². The minimum atomic E-state index is -3.96. The molecule has 0 spiro atoms. The number of aliphatic hydroxyl groups is 1. The highest BCUT2D eigenvalue weighted by Gasteiger charge is 2.33. The zero-order chi connectivity index (χ0) is 41.2. The molecule has 9 nitrogen and oxygen atoms in total. The molecule has 0 aliphatic carbocycles. The van der Waals surface area contributed by atoms with Crippen LogP contribution in [-0.4, -0.2) is 50.1 Å². The molecule has 0 aromatic heterocycles. The molecule has 0 radical (unpaired) electrons. The second-order valence-corrected chi connectivity index (χ2v) is 17.0. The highest BCUT2D eigenvalue weighted by Crippen LogP contribution is 2.39. The lowest BCUT2D eigenvalue weighted by atomic mass is 9.99. The number of amides is 1. The van der Waals surface area contributed by atoms with Crippen molar-refractivity contribution in [1.29, 1.82) is 0 Å². The Morgan fingerprint density at radius 3 is 2.05 bits per heavy atom. The summed E-state index contributed by atoms with van der Waals surface area (Å²) in [5, 5.41) is 12.6. The molecule has 59 heavy (non-hydrogen) atoms. The van der Waals surface area contributed by atoms with Crippen molar-refractivity contribution in [1.82, 2.24) is 14.9 Å². The molecule has 4 atom stereocenters. The largest absolute Gasteiger partial charge is 0.392 e. The number of carbonyl (C=O) groups is 1. The van der Waals surface area contributed by atoms with Crippen molar-refractivity contribution in [3.8, 4) is 11.1 Å². The first kappa shape index (κ1) is 41.7. The number of benzene rings is 6. The van der Waals surface area contributed by atoms with Gasteiger partial charge in [0, 0.05) is 31.6 Å². The van der Waals surface area contributed by atoms with E-state index in [2.05, 4.69) is 46.3 Å². The van der Waals surface area contributed by atoms with Crippen molar-refractivity contribution in [2.45, 2.75) is 68.9 Å². The summed E-state index contributed by atoms with van der Waals surface area (Å²) in [5.74, 6) is -0.418. The molecule has 1 fully saturated rings. The number of ether oxygens (including phenoxy) is 2. The maximum Gasteiger partial charge on any atom is 0.241 e. The van der Waals surface area contributed by atoms with Crippen LogP contribution in [0.1, 0.15) is 57.8 Å². The average Bonchev–Trinajstić information content (AvgIpc) is 3.26. The normalized spacial score (nSPS) is 17.4. The lowest BCUT2D eigenvalue weighted by Gasteiger charge is -2.38. The Labute approximate surface area is 347 Å². The molecule has 6 aromatic rings. The Balaban J connectivity index is 1.03. The zero-order valence-electron chi connectivity index (χ0n) is 33.4. The molecule has 3 N–H and O–H groups in total. The first-order valence-corrected chi connectivity index (χ1v) is 21.4.